The summed E-state index contributed by atoms with van der Waals surface area (Å²) in [4.78, 5) is 25.8. The van der Waals surface area contributed by atoms with Crippen LogP contribution < -0.4 is 0 Å². The van der Waals surface area contributed by atoms with Gasteiger partial charge in [0.1, 0.15) is 5.78 Å². The Balaban J connectivity index is 1.64. The highest BCUT2D eigenvalue weighted by Crippen LogP contribution is 2.75. The normalized spacial score (nSPS) is 55.7. The summed E-state index contributed by atoms with van der Waals surface area (Å²) in [5.41, 5.74) is -1.70. The van der Waals surface area contributed by atoms with Crippen LogP contribution in [0.25, 0.3) is 0 Å². The van der Waals surface area contributed by atoms with Gasteiger partial charge in [-0.2, -0.15) is 0 Å². The fourth-order valence-electron chi connectivity index (χ4n) is 10.7. The molecular weight excluding hydrogens is 440 g/mol. The molecule has 5 heteroatoms. The van der Waals surface area contributed by atoms with Crippen molar-refractivity contribution in [3.05, 3.63) is 11.6 Å². The fraction of sp³-hybridized carbons (Fsp3) is 0.867. The third kappa shape index (κ3) is 2.83. The predicted octanol–water partition coefficient (Wildman–Crippen LogP) is 5.39. The quantitative estimate of drug-likeness (QED) is 0.455. The lowest BCUT2D eigenvalue weighted by Crippen LogP contribution is -2.67. The number of aliphatic hydroxyl groups excluding tert-OH is 1. The van der Waals surface area contributed by atoms with E-state index in [-0.39, 0.29) is 46.4 Å². The van der Waals surface area contributed by atoms with E-state index >= 15 is 0 Å². The average Bonchev–Trinajstić information content (AvgIpc) is 2.79. The Labute approximate surface area is 210 Å². The van der Waals surface area contributed by atoms with Gasteiger partial charge < -0.3 is 15.3 Å². The Kier molecular flexibility index (Phi) is 5.40. The Morgan fingerprint density at radius 1 is 1.00 bits per heavy atom. The van der Waals surface area contributed by atoms with E-state index in [9.17, 15) is 24.9 Å². The number of carbonyl (C=O) groups excluding carboxylic acids is 1. The second-order valence-corrected chi connectivity index (χ2v) is 14.4. The maximum Gasteiger partial charge on any atom is 0.310 e. The first kappa shape index (κ1) is 25.4. The van der Waals surface area contributed by atoms with Gasteiger partial charge in [-0.1, -0.05) is 46.3 Å². The van der Waals surface area contributed by atoms with Crippen LogP contribution in [0.4, 0.5) is 0 Å². The van der Waals surface area contributed by atoms with E-state index in [4.69, 9.17) is 0 Å². The zero-order valence-corrected chi connectivity index (χ0v) is 22.6. The van der Waals surface area contributed by atoms with Crippen molar-refractivity contribution in [3.8, 4) is 0 Å². The van der Waals surface area contributed by atoms with Gasteiger partial charge in [0.05, 0.1) is 23.0 Å². The van der Waals surface area contributed by atoms with Crippen LogP contribution in [0.2, 0.25) is 0 Å². The molecule has 35 heavy (non-hydrogen) atoms. The lowest BCUT2D eigenvalue weighted by molar-refractivity contribution is -0.209. The van der Waals surface area contributed by atoms with Gasteiger partial charge in [0.25, 0.3) is 0 Å². The summed E-state index contributed by atoms with van der Waals surface area (Å²) >= 11 is 0. The van der Waals surface area contributed by atoms with E-state index < -0.39 is 22.4 Å². The largest absolute Gasteiger partial charge is 0.481 e. The van der Waals surface area contributed by atoms with Gasteiger partial charge >= 0.3 is 5.97 Å². The maximum atomic E-state index is 13.0. The van der Waals surface area contributed by atoms with Gasteiger partial charge in [-0.25, -0.2) is 0 Å². The molecule has 0 aromatic rings. The number of aliphatic carboxylic acids is 1. The van der Waals surface area contributed by atoms with Crippen LogP contribution in [0, 0.1) is 50.7 Å². The summed E-state index contributed by atoms with van der Waals surface area (Å²) in [6.45, 7) is 13.0. The lowest BCUT2D eigenvalue weighted by Gasteiger charge is -2.71. The van der Waals surface area contributed by atoms with Crippen molar-refractivity contribution in [1.29, 1.82) is 0 Å². The minimum atomic E-state index is -1.05. The molecule has 0 amide bonds. The highest BCUT2D eigenvalue weighted by Gasteiger charge is 2.71. The Hall–Kier alpha value is -1.20. The topological polar surface area (TPSA) is 94.8 Å². The van der Waals surface area contributed by atoms with Crippen molar-refractivity contribution >= 4 is 11.8 Å². The number of hydrogen-bond acceptors (Lipinski definition) is 4. The van der Waals surface area contributed by atoms with E-state index in [1.54, 1.807) is 0 Å². The number of carbonyl (C=O) groups is 2. The first-order chi connectivity index (χ1) is 16.1. The summed E-state index contributed by atoms with van der Waals surface area (Å²) in [7, 11) is 0. The molecule has 5 nitrogen and oxygen atoms in total. The highest BCUT2D eigenvalue weighted by atomic mass is 16.4. The Morgan fingerprint density at radius 2 is 1.69 bits per heavy atom. The summed E-state index contributed by atoms with van der Waals surface area (Å²) in [5.74, 6) is -0.321. The molecule has 5 rings (SSSR count). The lowest BCUT2D eigenvalue weighted by atomic mass is 9.33. The zero-order chi connectivity index (χ0) is 25.8. The highest BCUT2D eigenvalue weighted by molar-refractivity contribution is 5.86. The van der Waals surface area contributed by atoms with Gasteiger partial charge in [0, 0.05) is 12.3 Å². The molecule has 196 valence electrons. The van der Waals surface area contributed by atoms with Crippen LogP contribution in [0.1, 0.15) is 99.3 Å². The summed E-state index contributed by atoms with van der Waals surface area (Å²) in [6.07, 6.45) is 9.29. The molecule has 0 heterocycles. The third-order valence-electron chi connectivity index (χ3n) is 13.4. The molecule has 5 aliphatic carbocycles. The van der Waals surface area contributed by atoms with Crippen molar-refractivity contribution < 1.29 is 24.9 Å². The number of aliphatic hydroxyl groups is 2. The van der Waals surface area contributed by atoms with Crippen molar-refractivity contribution in [1.82, 2.24) is 0 Å². The molecule has 0 saturated heterocycles. The minimum absolute atomic E-state index is 0.0412. The van der Waals surface area contributed by atoms with Crippen LogP contribution in [0.3, 0.4) is 0 Å². The molecule has 0 bridgehead atoms. The number of Topliss-reactive ketones (excluding diaryl/α,β-unsaturated/α-hetero) is 1. The van der Waals surface area contributed by atoms with Crippen molar-refractivity contribution in [2.45, 2.75) is 105 Å². The monoisotopic (exact) mass is 486 g/mol. The van der Waals surface area contributed by atoms with Gasteiger partial charge in [-0.05, 0) is 92.3 Å². The zero-order valence-electron chi connectivity index (χ0n) is 22.6. The number of carboxylic acid groups (broad SMARTS) is 1. The van der Waals surface area contributed by atoms with E-state index in [0.29, 0.717) is 25.2 Å². The Bertz CT molecular complexity index is 983. The summed E-state index contributed by atoms with van der Waals surface area (Å²) < 4.78 is 0. The molecule has 0 radical (unpaired) electrons. The predicted molar refractivity (Wildman–Crippen MR) is 134 cm³/mol. The molecule has 3 N–H and O–H groups in total. The smallest absolute Gasteiger partial charge is 0.310 e. The first-order valence-electron chi connectivity index (χ1n) is 14.0. The second-order valence-electron chi connectivity index (χ2n) is 14.4. The van der Waals surface area contributed by atoms with E-state index in [2.05, 4.69) is 33.8 Å². The third-order valence-corrected chi connectivity index (χ3v) is 13.4. The number of hydrogen-bond donors (Lipinski definition) is 3. The first-order valence-corrected chi connectivity index (χ1v) is 14.0. The summed E-state index contributed by atoms with van der Waals surface area (Å²) in [6, 6.07) is 0. The SMILES string of the molecule is C[C@@H]1CC[C@]2(C(=O)O)CC[C@]3(C)C(=CC[C@@H]4[C@@]5(C)CCC(=O)[C@](C)(CO)[C@@H]5CC[C@]43C)[C@H]2[C@]1(C)O. The molecule has 0 aliphatic heterocycles. The molecule has 0 spiro atoms. The van der Waals surface area contributed by atoms with Crippen molar-refractivity contribution in [2.24, 2.45) is 50.7 Å². The molecule has 0 unspecified atom stereocenters. The van der Waals surface area contributed by atoms with Crippen LogP contribution in [-0.4, -0.2) is 39.3 Å². The fourth-order valence-corrected chi connectivity index (χ4v) is 10.7. The van der Waals surface area contributed by atoms with Crippen LogP contribution in [0.15, 0.2) is 11.6 Å². The number of fused-ring (bicyclic) bond motifs is 7. The van der Waals surface area contributed by atoms with Gasteiger partial charge in [0.2, 0.25) is 0 Å². The number of carboxylic acids is 1. The van der Waals surface area contributed by atoms with Gasteiger partial charge in [-0.15, -0.1) is 0 Å². The van der Waals surface area contributed by atoms with Crippen molar-refractivity contribution in [3.63, 3.8) is 0 Å². The number of ketones is 1. The molecule has 0 aromatic carbocycles. The molecule has 10 atom stereocenters. The van der Waals surface area contributed by atoms with Gasteiger partial charge in [-0.3, -0.25) is 9.59 Å². The second kappa shape index (κ2) is 7.43. The Morgan fingerprint density at radius 3 is 2.31 bits per heavy atom. The van der Waals surface area contributed by atoms with Gasteiger partial charge in [0.15, 0.2) is 0 Å². The van der Waals surface area contributed by atoms with E-state index in [1.807, 2.05) is 13.8 Å². The van der Waals surface area contributed by atoms with Crippen LogP contribution in [-0.2, 0) is 9.59 Å². The number of allylic oxidation sites excluding steroid dienone is 1. The molecule has 0 aromatic heterocycles. The molecule has 4 fully saturated rings. The van der Waals surface area contributed by atoms with E-state index in [1.165, 1.54) is 5.57 Å². The summed E-state index contributed by atoms with van der Waals surface area (Å²) in [5, 5.41) is 32.8. The van der Waals surface area contributed by atoms with Crippen LogP contribution in [0.5, 0.6) is 0 Å². The van der Waals surface area contributed by atoms with E-state index in [0.717, 1.165) is 38.5 Å². The number of rotatable bonds is 2. The average molecular weight is 487 g/mol. The van der Waals surface area contributed by atoms with Crippen molar-refractivity contribution in [2.75, 3.05) is 6.61 Å². The minimum Gasteiger partial charge on any atom is -0.481 e. The standard InChI is InChI=1S/C30H46O5/c1-18-9-14-30(24(33)34)16-15-27(4)19(23(30)29(18,6)35)7-8-21-25(2)12-11-22(32)26(3,17-31)20(25)10-13-28(21,27)5/h7,18,20-21,23,31,35H,8-17H2,1-6H3,(H,33,34)/t18-,20-,21-,23+,25+,26-,27-,28-,29-,30+/m1/s1. The molecule has 4 saturated carbocycles. The maximum absolute atomic E-state index is 13.0. The molecule has 5 aliphatic rings. The molecular formula is C30H46O5. The van der Waals surface area contributed by atoms with Crippen LogP contribution >= 0.6 is 0 Å².